The predicted octanol–water partition coefficient (Wildman–Crippen LogP) is 1.77. The second kappa shape index (κ2) is 3.87. The number of nitrogens with zero attached hydrogens (tertiary/aromatic N) is 2. The summed E-state index contributed by atoms with van der Waals surface area (Å²) in [5.41, 5.74) is 0.718. The Morgan fingerprint density at radius 1 is 1.47 bits per heavy atom. The summed E-state index contributed by atoms with van der Waals surface area (Å²) in [6.07, 6.45) is 2.97. The Labute approximate surface area is 99.3 Å². The fourth-order valence-electron chi connectivity index (χ4n) is 2.36. The molecule has 1 fully saturated rings. The Bertz CT molecular complexity index is 605. The highest BCUT2D eigenvalue weighted by molar-refractivity contribution is 5.80. The Morgan fingerprint density at radius 3 is 3.12 bits per heavy atom. The molecule has 0 spiro atoms. The lowest BCUT2D eigenvalue weighted by atomic mass is 10.2. The number of nitrogens with one attached hydrogen (secondary N) is 1. The van der Waals surface area contributed by atoms with Gasteiger partial charge in [0.25, 0.3) is 0 Å². The molecule has 0 amide bonds. The van der Waals surface area contributed by atoms with Crippen LogP contribution in [0.4, 0.5) is 5.82 Å². The van der Waals surface area contributed by atoms with Gasteiger partial charge in [0.2, 0.25) is 5.56 Å². The molecular weight excluding hydrogens is 214 g/mol. The number of anilines is 1. The summed E-state index contributed by atoms with van der Waals surface area (Å²) in [5.74, 6) is 1.75. The molecule has 2 aromatic heterocycles. The number of pyridine rings is 2. The SMILES string of the molecule is CC1CCN(c2cc3ccc(=O)[nH]c3cn2)C1. The Morgan fingerprint density at radius 2 is 2.35 bits per heavy atom. The van der Waals surface area contributed by atoms with E-state index in [1.54, 1.807) is 12.3 Å². The highest BCUT2D eigenvalue weighted by Gasteiger charge is 2.19. The van der Waals surface area contributed by atoms with Gasteiger partial charge in [-0.05, 0) is 24.5 Å². The van der Waals surface area contributed by atoms with Crippen molar-refractivity contribution in [2.75, 3.05) is 18.0 Å². The third kappa shape index (κ3) is 1.90. The van der Waals surface area contributed by atoms with Gasteiger partial charge in [-0.25, -0.2) is 4.98 Å². The Kier molecular flexibility index (Phi) is 2.35. The lowest BCUT2D eigenvalue weighted by Crippen LogP contribution is -2.20. The fraction of sp³-hybridized carbons (Fsp3) is 0.385. The summed E-state index contributed by atoms with van der Waals surface area (Å²) in [6.45, 7) is 4.41. The molecule has 0 aliphatic carbocycles. The van der Waals surface area contributed by atoms with Gasteiger partial charge in [0.15, 0.2) is 0 Å². The number of H-pyrrole nitrogens is 1. The summed E-state index contributed by atoms with van der Waals surface area (Å²) in [7, 11) is 0. The zero-order valence-corrected chi connectivity index (χ0v) is 9.81. The maximum absolute atomic E-state index is 11.2. The van der Waals surface area contributed by atoms with Crippen molar-refractivity contribution in [1.29, 1.82) is 0 Å². The van der Waals surface area contributed by atoms with Crippen molar-refractivity contribution in [3.8, 4) is 0 Å². The average Bonchev–Trinajstić information content (AvgIpc) is 2.75. The molecule has 0 bridgehead atoms. The second-order valence-corrected chi connectivity index (χ2v) is 4.79. The third-order valence-corrected chi connectivity index (χ3v) is 3.34. The van der Waals surface area contributed by atoms with Crippen molar-refractivity contribution in [2.24, 2.45) is 5.92 Å². The molecule has 3 heterocycles. The molecule has 1 N–H and O–H groups in total. The van der Waals surface area contributed by atoms with E-state index in [1.165, 1.54) is 6.42 Å². The number of aromatic nitrogens is 2. The summed E-state index contributed by atoms with van der Waals surface area (Å²) in [5, 5.41) is 1.04. The van der Waals surface area contributed by atoms with E-state index in [9.17, 15) is 4.79 Å². The topological polar surface area (TPSA) is 49.0 Å². The van der Waals surface area contributed by atoms with Crippen LogP contribution < -0.4 is 10.5 Å². The first-order valence-electron chi connectivity index (χ1n) is 5.96. The van der Waals surface area contributed by atoms with Crippen LogP contribution in [0.25, 0.3) is 10.9 Å². The van der Waals surface area contributed by atoms with Crippen LogP contribution in [0.15, 0.2) is 29.2 Å². The van der Waals surface area contributed by atoms with Crippen LogP contribution in [0, 0.1) is 5.92 Å². The maximum Gasteiger partial charge on any atom is 0.248 e. The second-order valence-electron chi connectivity index (χ2n) is 4.79. The molecule has 4 nitrogen and oxygen atoms in total. The van der Waals surface area contributed by atoms with Gasteiger partial charge in [-0.1, -0.05) is 6.92 Å². The summed E-state index contributed by atoms with van der Waals surface area (Å²) >= 11 is 0. The van der Waals surface area contributed by atoms with Gasteiger partial charge in [0.05, 0.1) is 11.7 Å². The van der Waals surface area contributed by atoms with Gasteiger partial charge >= 0.3 is 0 Å². The van der Waals surface area contributed by atoms with Gasteiger partial charge in [-0.15, -0.1) is 0 Å². The molecule has 1 atom stereocenters. The van der Waals surface area contributed by atoms with E-state index in [1.807, 2.05) is 12.1 Å². The molecule has 0 saturated carbocycles. The molecule has 0 aromatic carbocycles. The van der Waals surface area contributed by atoms with Crippen LogP contribution in [0.3, 0.4) is 0 Å². The average molecular weight is 229 g/mol. The van der Waals surface area contributed by atoms with Crippen molar-refractivity contribution >= 4 is 16.7 Å². The Hall–Kier alpha value is -1.84. The minimum atomic E-state index is -0.0816. The van der Waals surface area contributed by atoms with Gasteiger partial charge in [0, 0.05) is 24.5 Å². The number of aromatic amines is 1. The van der Waals surface area contributed by atoms with E-state index in [4.69, 9.17) is 0 Å². The van der Waals surface area contributed by atoms with Crippen molar-refractivity contribution in [2.45, 2.75) is 13.3 Å². The summed E-state index contributed by atoms with van der Waals surface area (Å²) < 4.78 is 0. The zero-order valence-electron chi connectivity index (χ0n) is 9.81. The van der Waals surface area contributed by atoms with E-state index in [2.05, 4.69) is 21.8 Å². The highest BCUT2D eigenvalue weighted by atomic mass is 16.1. The molecule has 1 unspecified atom stereocenters. The van der Waals surface area contributed by atoms with Crippen LogP contribution in [-0.2, 0) is 0 Å². The van der Waals surface area contributed by atoms with Crippen molar-refractivity contribution in [3.05, 3.63) is 34.7 Å². The molecule has 88 valence electrons. The Balaban J connectivity index is 2.02. The van der Waals surface area contributed by atoms with Crippen LogP contribution in [-0.4, -0.2) is 23.1 Å². The van der Waals surface area contributed by atoms with E-state index < -0.39 is 0 Å². The minimum Gasteiger partial charge on any atom is -0.356 e. The number of fused-ring (bicyclic) bond motifs is 1. The first kappa shape index (κ1) is 10.3. The minimum absolute atomic E-state index is 0.0816. The molecule has 1 saturated heterocycles. The quantitative estimate of drug-likeness (QED) is 0.810. The lowest BCUT2D eigenvalue weighted by molar-refractivity contribution is 0.659. The van der Waals surface area contributed by atoms with Gasteiger partial charge in [-0.3, -0.25) is 4.79 Å². The van der Waals surface area contributed by atoms with Crippen LogP contribution >= 0.6 is 0 Å². The molecule has 4 heteroatoms. The summed E-state index contributed by atoms with van der Waals surface area (Å²) in [6, 6.07) is 5.45. The van der Waals surface area contributed by atoms with Crippen LogP contribution in [0.1, 0.15) is 13.3 Å². The van der Waals surface area contributed by atoms with E-state index in [0.29, 0.717) is 0 Å². The number of hydrogen-bond donors (Lipinski definition) is 1. The molecule has 3 rings (SSSR count). The molecule has 0 radical (unpaired) electrons. The fourth-order valence-corrected chi connectivity index (χ4v) is 2.36. The number of hydrogen-bond acceptors (Lipinski definition) is 3. The smallest absolute Gasteiger partial charge is 0.248 e. The molecule has 2 aromatic rings. The first-order valence-corrected chi connectivity index (χ1v) is 5.96. The molecule has 1 aliphatic heterocycles. The van der Waals surface area contributed by atoms with E-state index in [0.717, 1.165) is 35.7 Å². The van der Waals surface area contributed by atoms with Gasteiger partial charge in [0.1, 0.15) is 5.82 Å². The molecule has 17 heavy (non-hydrogen) atoms. The molecule has 1 aliphatic rings. The van der Waals surface area contributed by atoms with E-state index >= 15 is 0 Å². The van der Waals surface area contributed by atoms with Crippen molar-refractivity contribution in [1.82, 2.24) is 9.97 Å². The first-order chi connectivity index (χ1) is 8.22. The maximum atomic E-state index is 11.2. The van der Waals surface area contributed by atoms with E-state index in [-0.39, 0.29) is 5.56 Å². The lowest BCUT2D eigenvalue weighted by Gasteiger charge is -2.17. The van der Waals surface area contributed by atoms with Crippen LogP contribution in [0.5, 0.6) is 0 Å². The van der Waals surface area contributed by atoms with Crippen LogP contribution in [0.2, 0.25) is 0 Å². The van der Waals surface area contributed by atoms with Crippen molar-refractivity contribution in [3.63, 3.8) is 0 Å². The summed E-state index contributed by atoms with van der Waals surface area (Å²) in [4.78, 5) is 20.7. The van der Waals surface area contributed by atoms with Gasteiger partial charge < -0.3 is 9.88 Å². The standard InChI is InChI=1S/C13H15N3O/c1-9-4-5-16(8-9)12-6-10-2-3-13(17)15-11(10)7-14-12/h2-3,6-7,9H,4-5,8H2,1H3,(H,15,17). The number of rotatable bonds is 1. The largest absolute Gasteiger partial charge is 0.356 e. The zero-order chi connectivity index (χ0) is 11.8. The van der Waals surface area contributed by atoms with Gasteiger partial charge in [-0.2, -0.15) is 0 Å². The normalized spacial score (nSPS) is 20.1. The monoisotopic (exact) mass is 229 g/mol. The van der Waals surface area contributed by atoms with Crippen molar-refractivity contribution < 1.29 is 0 Å². The third-order valence-electron chi connectivity index (χ3n) is 3.34. The highest BCUT2D eigenvalue weighted by Crippen LogP contribution is 2.23. The molecular formula is C13H15N3O. The predicted molar refractivity (Wildman–Crippen MR) is 68.4 cm³/mol.